The fraction of sp³-hybridized carbons (Fsp3) is 0. The van der Waals surface area contributed by atoms with Gasteiger partial charge >= 0.3 is 5.97 Å². The van der Waals surface area contributed by atoms with Gasteiger partial charge < -0.3 is 15.4 Å². The van der Waals surface area contributed by atoms with Crippen LogP contribution in [0.25, 0.3) is 6.08 Å². The Balaban J connectivity index is 2.21. The standard InChI is InChI=1S/C14H12N2O3/c17-13-12(14(18)19)11(7-9-16-13)15-8-6-10-4-2-1-3-5-10/h1-9H,(H,18,19)(H2,15,16,17). The van der Waals surface area contributed by atoms with Gasteiger partial charge in [0.05, 0.1) is 5.69 Å². The third kappa shape index (κ3) is 3.10. The molecule has 2 aromatic rings. The van der Waals surface area contributed by atoms with E-state index in [9.17, 15) is 9.59 Å². The van der Waals surface area contributed by atoms with E-state index in [0.717, 1.165) is 5.56 Å². The van der Waals surface area contributed by atoms with Crippen molar-refractivity contribution in [2.75, 3.05) is 5.32 Å². The molecule has 0 aliphatic carbocycles. The maximum Gasteiger partial charge on any atom is 0.343 e. The predicted octanol–water partition coefficient (Wildman–Crippen LogP) is 2.16. The van der Waals surface area contributed by atoms with E-state index in [1.165, 1.54) is 12.3 Å². The van der Waals surface area contributed by atoms with Gasteiger partial charge in [0.25, 0.3) is 5.56 Å². The van der Waals surface area contributed by atoms with Gasteiger partial charge in [0.15, 0.2) is 0 Å². The number of aromatic carboxylic acids is 1. The molecule has 0 atom stereocenters. The van der Waals surface area contributed by atoms with Crippen LogP contribution in [0.4, 0.5) is 5.69 Å². The average molecular weight is 256 g/mol. The van der Waals surface area contributed by atoms with Crippen molar-refractivity contribution in [1.29, 1.82) is 0 Å². The van der Waals surface area contributed by atoms with Crippen molar-refractivity contribution < 1.29 is 9.90 Å². The zero-order valence-electron chi connectivity index (χ0n) is 9.96. The van der Waals surface area contributed by atoms with Gasteiger partial charge in [0.2, 0.25) is 0 Å². The van der Waals surface area contributed by atoms with Gasteiger partial charge in [-0.1, -0.05) is 30.3 Å². The van der Waals surface area contributed by atoms with Crippen LogP contribution in [0.5, 0.6) is 0 Å². The van der Waals surface area contributed by atoms with Gasteiger partial charge in [-0.15, -0.1) is 0 Å². The number of rotatable bonds is 4. The van der Waals surface area contributed by atoms with Gasteiger partial charge in [0, 0.05) is 12.4 Å². The summed E-state index contributed by atoms with van der Waals surface area (Å²) in [5, 5.41) is 11.8. The van der Waals surface area contributed by atoms with Crippen LogP contribution in [0.3, 0.4) is 0 Å². The highest BCUT2D eigenvalue weighted by molar-refractivity contribution is 5.93. The number of aromatic nitrogens is 1. The zero-order chi connectivity index (χ0) is 13.7. The lowest BCUT2D eigenvalue weighted by Crippen LogP contribution is -2.18. The van der Waals surface area contributed by atoms with E-state index in [1.54, 1.807) is 12.3 Å². The summed E-state index contributed by atoms with van der Waals surface area (Å²) in [6.07, 6.45) is 4.77. The molecule has 1 heterocycles. The SMILES string of the molecule is O=C(O)c1c(NC=Cc2ccccc2)cc[nH]c1=O. The first-order chi connectivity index (χ1) is 9.18. The van der Waals surface area contributed by atoms with Crippen molar-refractivity contribution in [3.05, 3.63) is 70.3 Å². The number of carbonyl (C=O) groups is 1. The number of hydrogen-bond acceptors (Lipinski definition) is 3. The lowest BCUT2D eigenvalue weighted by atomic mass is 10.2. The topological polar surface area (TPSA) is 82.2 Å². The normalized spacial score (nSPS) is 10.5. The molecule has 96 valence electrons. The molecule has 0 spiro atoms. The Morgan fingerprint density at radius 1 is 1.21 bits per heavy atom. The van der Waals surface area contributed by atoms with E-state index in [0.29, 0.717) is 0 Å². The Morgan fingerprint density at radius 3 is 2.63 bits per heavy atom. The van der Waals surface area contributed by atoms with Crippen molar-refractivity contribution in [2.24, 2.45) is 0 Å². The second kappa shape index (κ2) is 5.68. The maximum atomic E-state index is 11.4. The molecular weight excluding hydrogens is 244 g/mol. The summed E-state index contributed by atoms with van der Waals surface area (Å²) in [5.74, 6) is -1.27. The van der Waals surface area contributed by atoms with Crippen LogP contribution in [-0.2, 0) is 0 Å². The fourth-order valence-electron chi connectivity index (χ4n) is 1.60. The highest BCUT2D eigenvalue weighted by Gasteiger charge is 2.13. The molecule has 0 fully saturated rings. The van der Waals surface area contributed by atoms with E-state index < -0.39 is 11.5 Å². The van der Waals surface area contributed by atoms with E-state index >= 15 is 0 Å². The lowest BCUT2D eigenvalue weighted by Gasteiger charge is -2.03. The number of pyridine rings is 1. The van der Waals surface area contributed by atoms with Crippen molar-refractivity contribution in [2.45, 2.75) is 0 Å². The monoisotopic (exact) mass is 256 g/mol. The van der Waals surface area contributed by atoms with Gasteiger partial charge in [-0.25, -0.2) is 4.79 Å². The summed E-state index contributed by atoms with van der Waals surface area (Å²) in [4.78, 5) is 24.7. The molecule has 0 aliphatic heterocycles. The van der Waals surface area contributed by atoms with Crippen LogP contribution < -0.4 is 10.9 Å². The first-order valence-electron chi connectivity index (χ1n) is 5.61. The number of hydrogen-bond donors (Lipinski definition) is 3. The Labute approximate surface area is 109 Å². The average Bonchev–Trinajstić information content (AvgIpc) is 2.39. The van der Waals surface area contributed by atoms with Crippen molar-refractivity contribution in [3.8, 4) is 0 Å². The smallest absolute Gasteiger partial charge is 0.343 e. The number of carboxylic acids is 1. The zero-order valence-corrected chi connectivity index (χ0v) is 9.96. The van der Waals surface area contributed by atoms with Gasteiger partial charge in [-0.3, -0.25) is 4.79 Å². The van der Waals surface area contributed by atoms with Gasteiger partial charge in [-0.05, 0) is 17.7 Å². The first kappa shape index (κ1) is 12.6. The molecular formula is C14H12N2O3. The summed E-state index contributed by atoms with van der Waals surface area (Å²) in [5.41, 5.74) is 0.283. The molecule has 2 rings (SSSR count). The van der Waals surface area contributed by atoms with E-state index in [1.807, 2.05) is 30.3 Å². The molecule has 0 aliphatic rings. The highest BCUT2D eigenvalue weighted by Crippen LogP contribution is 2.10. The van der Waals surface area contributed by atoms with Crippen LogP contribution in [0.15, 0.2) is 53.6 Å². The van der Waals surface area contributed by atoms with Crippen LogP contribution in [-0.4, -0.2) is 16.1 Å². The van der Waals surface area contributed by atoms with Crippen LogP contribution in [0, 0.1) is 0 Å². The maximum absolute atomic E-state index is 11.4. The number of carboxylic acid groups (broad SMARTS) is 1. The van der Waals surface area contributed by atoms with E-state index in [-0.39, 0.29) is 11.3 Å². The van der Waals surface area contributed by atoms with Crippen molar-refractivity contribution in [3.63, 3.8) is 0 Å². The Bertz CT molecular complexity index is 660. The molecule has 1 aromatic carbocycles. The molecule has 0 unspecified atom stereocenters. The number of aromatic amines is 1. The molecule has 0 amide bonds. The summed E-state index contributed by atoms with van der Waals surface area (Å²) in [7, 11) is 0. The fourth-order valence-corrected chi connectivity index (χ4v) is 1.60. The highest BCUT2D eigenvalue weighted by atomic mass is 16.4. The quantitative estimate of drug-likeness (QED) is 0.782. The molecule has 5 heteroatoms. The molecule has 0 saturated heterocycles. The Morgan fingerprint density at radius 2 is 1.95 bits per heavy atom. The minimum atomic E-state index is -1.27. The largest absolute Gasteiger partial charge is 0.477 e. The Hall–Kier alpha value is -2.82. The molecule has 3 N–H and O–H groups in total. The summed E-state index contributed by atoms with van der Waals surface area (Å²) in [6.45, 7) is 0. The lowest BCUT2D eigenvalue weighted by molar-refractivity contribution is 0.0696. The molecule has 5 nitrogen and oxygen atoms in total. The van der Waals surface area contributed by atoms with E-state index in [4.69, 9.17) is 5.11 Å². The van der Waals surface area contributed by atoms with Crippen molar-refractivity contribution >= 4 is 17.7 Å². The molecule has 0 saturated carbocycles. The van der Waals surface area contributed by atoms with Gasteiger partial charge in [-0.2, -0.15) is 0 Å². The van der Waals surface area contributed by atoms with Crippen molar-refractivity contribution in [1.82, 2.24) is 4.98 Å². The number of benzene rings is 1. The summed E-state index contributed by atoms with van der Waals surface area (Å²) >= 11 is 0. The number of H-pyrrole nitrogens is 1. The minimum absolute atomic E-state index is 0.253. The summed E-state index contributed by atoms with van der Waals surface area (Å²) < 4.78 is 0. The molecule has 19 heavy (non-hydrogen) atoms. The Kier molecular flexibility index (Phi) is 3.78. The number of anilines is 1. The van der Waals surface area contributed by atoms with Crippen LogP contribution >= 0.6 is 0 Å². The first-order valence-corrected chi connectivity index (χ1v) is 5.61. The second-order valence-electron chi connectivity index (χ2n) is 3.79. The van der Waals surface area contributed by atoms with Crippen LogP contribution in [0.2, 0.25) is 0 Å². The molecule has 0 bridgehead atoms. The second-order valence-corrected chi connectivity index (χ2v) is 3.79. The molecule has 1 aromatic heterocycles. The number of nitrogens with one attached hydrogen (secondary N) is 2. The predicted molar refractivity (Wildman–Crippen MR) is 73.1 cm³/mol. The van der Waals surface area contributed by atoms with E-state index in [2.05, 4.69) is 10.3 Å². The van der Waals surface area contributed by atoms with Gasteiger partial charge in [0.1, 0.15) is 5.56 Å². The third-order valence-corrected chi connectivity index (χ3v) is 2.49. The minimum Gasteiger partial charge on any atom is -0.477 e. The third-order valence-electron chi connectivity index (χ3n) is 2.49. The molecule has 0 radical (unpaired) electrons. The summed E-state index contributed by atoms with van der Waals surface area (Å²) in [6, 6.07) is 11.0. The van der Waals surface area contributed by atoms with Crippen LogP contribution in [0.1, 0.15) is 15.9 Å².